The Morgan fingerprint density at radius 3 is 2.92 bits per heavy atom. The average molecular weight is 294 g/mol. The molecular weight excluding hydrogens is 285 g/mol. The number of rotatable bonds is 3. The van der Waals surface area contributed by atoms with Crippen molar-refractivity contribution in [3.8, 4) is 0 Å². The van der Waals surface area contributed by atoms with Gasteiger partial charge in [-0.1, -0.05) is 0 Å². The van der Waals surface area contributed by atoms with Crippen LogP contribution in [0.3, 0.4) is 0 Å². The number of aromatic nitrogens is 2. The van der Waals surface area contributed by atoms with Crippen molar-refractivity contribution in [3.63, 3.8) is 0 Å². The third kappa shape index (κ3) is 3.49. The second-order valence-corrected chi connectivity index (χ2v) is 2.23. The molecule has 0 spiro atoms. The van der Waals surface area contributed by atoms with Crippen molar-refractivity contribution in [2.24, 2.45) is 5.73 Å². The Balaban J connectivity index is 0.00000121. The summed E-state index contributed by atoms with van der Waals surface area (Å²) in [7, 11) is 0. The van der Waals surface area contributed by atoms with Gasteiger partial charge in [0.15, 0.2) is 0 Å². The molecule has 6 heteroatoms. The molecule has 4 N–H and O–H groups in total. The number of hydrogen-bond acceptors (Lipinski definition) is 3. The van der Waals surface area contributed by atoms with Crippen LogP contribution in [0.2, 0.25) is 0 Å². The minimum absolute atomic E-state index is 0. The molecule has 0 aliphatic rings. The van der Waals surface area contributed by atoms with Crippen LogP contribution in [0.5, 0.6) is 0 Å². The van der Waals surface area contributed by atoms with E-state index in [1.165, 1.54) is 6.33 Å². The van der Waals surface area contributed by atoms with Crippen molar-refractivity contribution in [2.75, 3.05) is 0 Å². The Morgan fingerprint density at radius 2 is 2.50 bits per heavy atom. The van der Waals surface area contributed by atoms with E-state index < -0.39 is 12.0 Å². The smallest absolute Gasteiger partial charge is 0.320 e. The van der Waals surface area contributed by atoms with Crippen molar-refractivity contribution in [1.82, 2.24) is 9.97 Å². The van der Waals surface area contributed by atoms with Gasteiger partial charge in [-0.25, -0.2) is 4.98 Å². The molecule has 5 nitrogen and oxygen atoms in total. The zero-order valence-corrected chi connectivity index (χ0v) is 10.0. The number of H-pyrrole nitrogens is 1. The largest absolute Gasteiger partial charge is 0.480 e. The van der Waals surface area contributed by atoms with Crippen LogP contribution in [0, 0.1) is 35.6 Å². The van der Waals surface area contributed by atoms with Gasteiger partial charge in [0.1, 0.15) is 6.04 Å². The van der Waals surface area contributed by atoms with Crippen molar-refractivity contribution >= 4 is 5.97 Å². The van der Waals surface area contributed by atoms with E-state index in [1.54, 1.807) is 6.20 Å². The Hall–Kier alpha value is -0.165. The zero-order chi connectivity index (χ0) is 8.27. The van der Waals surface area contributed by atoms with Crippen LogP contribution < -0.4 is 5.73 Å². The van der Waals surface area contributed by atoms with E-state index in [9.17, 15) is 4.79 Å². The maximum atomic E-state index is 10.3. The van der Waals surface area contributed by atoms with E-state index in [4.69, 9.17) is 10.8 Å². The van der Waals surface area contributed by atoms with Crippen LogP contribution in [0.25, 0.3) is 0 Å². The number of nitrogens with one attached hydrogen (secondary N) is 1. The topological polar surface area (TPSA) is 92.0 Å². The first-order valence-electron chi connectivity index (χ1n) is 3.16. The van der Waals surface area contributed by atoms with Gasteiger partial charge in [-0.05, 0) is 0 Å². The quantitative estimate of drug-likeness (QED) is 0.692. The molecule has 1 aromatic heterocycles. The molecule has 1 radical (unpaired) electrons. The molecule has 1 aromatic rings. The number of nitrogens with two attached hydrogens (primary N) is 1. The van der Waals surface area contributed by atoms with Crippen LogP contribution in [0.1, 0.15) is 5.69 Å². The fourth-order valence-corrected chi connectivity index (χ4v) is 0.721. The molecule has 0 saturated heterocycles. The fraction of sp³-hybridized carbons (Fsp3) is 0.333. The number of carboxylic acids is 1. The first-order valence-corrected chi connectivity index (χ1v) is 3.16. The summed E-state index contributed by atoms with van der Waals surface area (Å²) in [5.41, 5.74) is 6.00. The van der Waals surface area contributed by atoms with E-state index in [0.29, 0.717) is 0 Å². The van der Waals surface area contributed by atoms with Crippen molar-refractivity contribution < 1.29 is 45.5 Å². The second-order valence-electron chi connectivity index (χ2n) is 2.23. The van der Waals surface area contributed by atoms with E-state index in [0.717, 1.165) is 5.69 Å². The summed E-state index contributed by atoms with van der Waals surface area (Å²) in [4.78, 5) is 16.8. The first kappa shape index (κ1) is 11.8. The number of imidazole rings is 1. The van der Waals surface area contributed by atoms with Crippen LogP contribution >= 0.6 is 0 Å². The van der Waals surface area contributed by atoms with Gasteiger partial charge in [-0.3, -0.25) is 4.79 Å². The van der Waals surface area contributed by atoms with Crippen molar-refractivity contribution in [3.05, 3.63) is 18.2 Å². The number of aromatic amines is 1. The number of nitrogens with zero attached hydrogens (tertiary/aromatic N) is 1. The summed E-state index contributed by atoms with van der Waals surface area (Å²) in [5.74, 6) is -1.00. The van der Waals surface area contributed by atoms with Crippen LogP contribution in [-0.4, -0.2) is 27.1 Å². The molecule has 0 saturated carbocycles. The minimum atomic E-state index is -1.00. The van der Waals surface area contributed by atoms with Crippen LogP contribution in [0.15, 0.2) is 12.5 Å². The van der Waals surface area contributed by atoms with Gasteiger partial charge in [0.05, 0.1) is 6.33 Å². The molecule has 1 rings (SSSR count). The minimum Gasteiger partial charge on any atom is -0.480 e. The fourth-order valence-electron chi connectivity index (χ4n) is 0.721. The first-order chi connectivity index (χ1) is 5.20. The zero-order valence-electron chi connectivity index (χ0n) is 6.40. The Kier molecular flexibility index (Phi) is 5.40. The normalized spacial score (nSPS) is 11.8. The molecule has 1 heterocycles. The van der Waals surface area contributed by atoms with Gasteiger partial charge < -0.3 is 15.8 Å². The molecule has 12 heavy (non-hydrogen) atoms. The Labute approximate surface area is 97.4 Å². The summed E-state index contributed by atoms with van der Waals surface area (Å²) < 4.78 is 0. The van der Waals surface area contributed by atoms with Gasteiger partial charge in [0.2, 0.25) is 0 Å². The van der Waals surface area contributed by atoms with E-state index in [2.05, 4.69) is 9.97 Å². The molecule has 1 atom stereocenters. The standard InChI is InChI=1S/C6H9N3O2.La/c7-5(6(10)11)1-4-2-8-3-9-4;/h2-3,5H,1,7H2,(H,8,9)(H,10,11);/t5-;/m0./s1. The third-order valence-corrected chi connectivity index (χ3v) is 1.31. The molecule has 0 aromatic carbocycles. The number of carboxylic acid groups (broad SMARTS) is 1. The molecule has 63 valence electrons. The van der Waals surface area contributed by atoms with E-state index in [1.807, 2.05) is 0 Å². The van der Waals surface area contributed by atoms with Crippen LogP contribution in [-0.2, 0) is 11.2 Å². The molecule has 0 aliphatic carbocycles. The average Bonchev–Trinajstić information content (AvgIpc) is 2.39. The van der Waals surface area contributed by atoms with Gasteiger partial charge >= 0.3 is 5.97 Å². The molecule has 0 unspecified atom stereocenters. The molecule has 0 aliphatic heterocycles. The van der Waals surface area contributed by atoms with Gasteiger partial charge in [0, 0.05) is 53.9 Å². The molecular formula is C6H9LaN3O2. The molecule has 0 amide bonds. The second kappa shape index (κ2) is 5.48. The number of hydrogen-bond donors (Lipinski definition) is 3. The summed E-state index contributed by atoms with van der Waals surface area (Å²) >= 11 is 0. The SMILES string of the molecule is N[C@@H](Cc1cnc[nH]1)C(=O)O.[La]. The monoisotopic (exact) mass is 294 g/mol. The van der Waals surface area contributed by atoms with Gasteiger partial charge in [0.25, 0.3) is 0 Å². The Bertz CT molecular complexity index is 237. The van der Waals surface area contributed by atoms with E-state index >= 15 is 0 Å². The summed E-state index contributed by atoms with van der Waals surface area (Å²) in [6.45, 7) is 0. The maximum absolute atomic E-state index is 10.3. The Morgan fingerprint density at radius 1 is 1.83 bits per heavy atom. The van der Waals surface area contributed by atoms with Crippen molar-refractivity contribution in [2.45, 2.75) is 12.5 Å². The number of carbonyl (C=O) groups is 1. The van der Waals surface area contributed by atoms with Crippen molar-refractivity contribution in [1.29, 1.82) is 0 Å². The van der Waals surface area contributed by atoms with Gasteiger partial charge in [-0.15, -0.1) is 0 Å². The third-order valence-electron chi connectivity index (χ3n) is 1.31. The van der Waals surface area contributed by atoms with E-state index in [-0.39, 0.29) is 42.0 Å². The predicted octanol–water partition coefficient (Wildman–Crippen LogP) is -0.636. The van der Waals surface area contributed by atoms with Crippen LogP contribution in [0.4, 0.5) is 0 Å². The van der Waals surface area contributed by atoms with Gasteiger partial charge in [-0.2, -0.15) is 0 Å². The number of aliphatic carboxylic acids is 1. The molecule has 0 bridgehead atoms. The summed E-state index contributed by atoms with van der Waals surface area (Å²) in [5, 5.41) is 8.42. The summed E-state index contributed by atoms with van der Waals surface area (Å²) in [6.07, 6.45) is 3.34. The predicted molar refractivity (Wildman–Crippen MR) is 37.9 cm³/mol. The summed E-state index contributed by atoms with van der Waals surface area (Å²) in [6, 6.07) is -0.851. The molecule has 0 fully saturated rings. The maximum Gasteiger partial charge on any atom is 0.320 e.